The first-order valence-corrected chi connectivity index (χ1v) is 9.40. The summed E-state index contributed by atoms with van der Waals surface area (Å²) in [7, 11) is 4.08. The maximum absolute atomic E-state index is 6.17. The van der Waals surface area contributed by atoms with Crippen LogP contribution < -0.4 is 14.8 Å². The van der Waals surface area contributed by atoms with Gasteiger partial charge < -0.3 is 19.7 Å². The molecule has 0 saturated heterocycles. The number of anilines is 1. The number of nitrogens with one attached hydrogen (secondary N) is 1. The van der Waals surface area contributed by atoms with Crippen molar-refractivity contribution in [1.29, 1.82) is 0 Å². The van der Waals surface area contributed by atoms with E-state index in [-0.39, 0.29) is 6.79 Å². The van der Waals surface area contributed by atoms with Crippen LogP contribution in [0.4, 0.5) is 5.82 Å². The fraction of sp³-hybridized carbons (Fsp3) is 0.238. The summed E-state index contributed by atoms with van der Waals surface area (Å²) in [5.41, 5.74) is 1.84. The van der Waals surface area contributed by atoms with Crippen LogP contribution in [0.5, 0.6) is 11.5 Å². The standard InChI is InChI=1S/C21H21ClN4O2/c1-26(2)10-9-23-21-16-12-15(22)5-6-17(16)24-20(25-21)8-4-14-3-7-18-19(11-14)28-13-27-18/h3-8,11-12H,9-10,13H2,1-2H3,(H,23,24,25)/b8-4+. The molecule has 1 aliphatic heterocycles. The third kappa shape index (κ3) is 4.18. The molecule has 7 heteroatoms. The second kappa shape index (κ2) is 8.04. The molecule has 1 aliphatic rings. The fourth-order valence-electron chi connectivity index (χ4n) is 2.91. The molecule has 0 fully saturated rings. The van der Waals surface area contributed by atoms with Gasteiger partial charge in [0.15, 0.2) is 17.3 Å². The van der Waals surface area contributed by atoms with Gasteiger partial charge in [-0.15, -0.1) is 0 Å². The lowest BCUT2D eigenvalue weighted by atomic mass is 10.2. The number of likely N-dealkylation sites (N-methyl/N-ethyl adjacent to an activating group) is 1. The highest BCUT2D eigenvalue weighted by Crippen LogP contribution is 2.33. The topological polar surface area (TPSA) is 59.5 Å². The summed E-state index contributed by atoms with van der Waals surface area (Å²) in [6.07, 6.45) is 3.85. The van der Waals surface area contributed by atoms with Crippen LogP contribution in [-0.4, -0.2) is 48.8 Å². The summed E-state index contributed by atoms with van der Waals surface area (Å²) in [5.74, 6) is 2.92. The second-order valence-electron chi connectivity index (χ2n) is 6.77. The number of aromatic nitrogens is 2. The van der Waals surface area contributed by atoms with Gasteiger partial charge in [0.25, 0.3) is 0 Å². The van der Waals surface area contributed by atoms with Gasteiger partial charge in [0.2, 0.25) is 6.79 Å². The Hall–Kier alpha value is -2.83. The summed E-state index contributed by atoms with van der Waals surface area (Å²) in [4.78, 5) is 11.4. The predicted molar refractivity (Wildman–Crippen MR) is 113 cm³/mol. The third-order valence-electron chi connectivity index (χ3n) is 4.35. The molecule has 0 amide bonds. The Balaban J connectivity index is 1.63. The van der Waals surface area contributed by atoms with Crippen LogP contribution >= 0.6 is 11.6 Å². The predicted octanol–water partition coefficient (Wildman–Crippen LogP) is 4.16. The van der Waals surface area contributed by atoms with E-state index in [1.54, 1.807) is 0 Å². The first-order chi connectivity index (χ1) is 13.6. The average molecular weight is 397 g/mol. The normalized spacial score (nSPS) is 13.0. The van der Waals surface area contributed by atoms with Gasteiger partial charge in [-0.25, -0.2) is 9.97 Å². The van der Waals surface area contributed by atoms with Crippen molar-refractivity contribution < 1.29 is 9.47 Å². The Labute approximate surface area is 168 Å². The fourth-order valence-corrected chi connectivity index (χ4v) is 3.09. The second-order valence-corrected chi connectivity index (χ2v) is 7.20. The third-order valence-corrected chi connectivity index (χ3v) is 4.58. The minimum Gasteiger partial charge on any atom is -0.454 e. The molecule has 1 N–H and O–H groups in total. The molecule has 0 saturated carbocycles. The lowest BCUT2D eigenvalue weighted by Crippen LogP contribution is -2.21. The molecule has 3 aromatic rings. The van der Waals surface area contributed by atoms with Crippen LogP contribution in [-0.2, 0) is 0 Å². The van der Waals surface area contributed by atoms with E-state index in [1.807, 2.05) is 62.6 Å². The van der Waals surface area contributed by atoms with Crippen LogP contribution in [0.2, 0.25) is 5.02 Å². The number of ether oxygens (including phenoxy) is 2. The lowest BCUT2D eigenvalue weighted by Gasteiger charge is -2.13. The van der Waals surface area contributed by atoms with Crippen molar-refractivity contribution >= 4 is 40.5 Å². The monoisotopic (exact) mass is 396 g/mol. The van der Waals surface area contributed by atoms with Crippen LogP contribution in [0.15, 0.2) is 36.4 Å². The molecule has 0 aliphatic carbocycles. The van der Waals surface area contributed by atoms with Crippen molar-refractivity contribution in [2.75, 3.05) is 39.3 Å². The van der Waals surface area contributed by atoms with Crippen molar-refractivity contribution in [3.05, 3.63) is 52.8 Å². The zero-order chi connectivity index (χ0) is 19.5. The quantitative estimate of drug-likeness (QED) is 0.675. The van der Waals surface area contributed by atoms with Gasteiger partial charge in [-0.1, -0.05) is 23.7 Å². The van der Waals surface area contributed by atoms with Crippen LogP contribution in [0.1, 0.15) is 11.4 Å². The molecular weight excluding hydrogens is 376 g/mol. The van der Waals surface area contributed by atoms with E-state index in [2.05, 4.69) is 20.2 Å². The van der Waals surface area contributed by atoms with E-state index in [0.717, 1.165) is 46.9 Å². The van der Waals surface area contributed by atoms with Gasteiger partial charge in [-0.05, 0) is 56.1 Å². The lowest BCUT2D eigenvalue weighted by molar-refractivity contribution is 0.174. The molecule has 144 valence electrons. The van der Waals surface area contributed by atoms with Crippen molar-refractivity contribution in [2.45, 2.75) is 0 Å². The minimum absolute atomic E-state index is 0.265. The van der Waals surface area contributed by atoms with Crippen LogP contribution in [0, 0.1) is 0 Å². The zero-order valence-corrected chi connectivity index (χ0v) is 16.5. The van der Waals surface area contributed by atoms with Crippen molar-refractivity contribution in [2.24, 2.45) is 0 Å². The summed E-state index contributed by atoms with van der Waals surface area (Å²) in [6, 6.07) is 11.5. The first kappa shape index (κ1) is 18.5. The molecule has 0 spiro atoms. The van der Waals surface area contributed by atoms with Crippen LogP contribution in [0.3, 0.4) is 0 Å². The van der Waals surface area contributed by atoms with E-state index in [4.69, 9.17) is 21.1 Å². The summed E-state index contributed by atoms with van der Waals surface area (Å²) < 4.78 is 10.8. The number of rotatable bonds is 6. The Morgan fingerprint density at radius 3 is 2.79 bits per heavy atom. The molecule has 4 rings (SSSR count). The first-order valence-electron chi connectivity index (χ1n) is 9.02. The molecule has 1 aromatic heterocycles. The van der Waals surface area contributed by atoms with E-state index in [0.29, 0.717) is 10.8 Å². The Kier molecular flexibility index (Phi) is 5.32. The average Bonchev–Trinajstić information content (AvgIpc) is 3.14. The van der Waals surface area contributed by atoms with E-state index >= 15 is 0 Å². The van der Waals surface area contributed by atoms with E-state index in [1.165, 1.54) is 0 Å². The molecule has 28 heavy (non-hydrogen) atoms. The maximum Gasteiger partial charge on any atom is 0.231 e. The minimum atomic E-state index is 0.265. The summed E-state index contributed by atoms with van der Waals surface area (Å²) >= 11 is 6.17. The Morgan fingerprint density at radius 1 is 1.07 bits per heavy atom. The number of hydrogen-bond donors (Lipinski definition) is 1. The smallest absolute Gasteiger partial charge is 0.231 e. The van der Waals surface area contributed by atoms with Gasteiger partial charge in [0, 0.05) is 23.5 Å². The van der Waals surface area contributed by atoms with Crippen molar-refractivity contribution in [3.8, 4) is 11.5 Å². The number of nitrogens with zero attached hydrogens (tertiary/aromatic N) is 3. The van der Waals surface area contributed by atoms with Gasteiger partial charge in [0.1, 0.15) is 5.82 Å². The van der Waals surface area contributed by atoms with E-state index in [9.17, 15) is 0 Å². The summed E-state index contributed by atoms with van der Waals surface area (Å²) in [6.45, 7) is 1.94. The molecule has 0 radical (unpaired) electrons. The molecule has 2 heterocycles. The van der Waals surface area contributed by atoms with Crippen molar-refractivity contribution in [1.82, 2.24) is 14.9 Å². The van der Waals surface area contributed by atoms with Gasteiger partial charge in [-0.2, -0.15) is 0 Å². The van der Waals surface area contributed by atoms with Gasteiger partial charge >= 0.3 is 0 Å². The maximum atomic E-state index is 6.17. The molecular formula is C21H21ClN4O2. The molecule has 0 atom stereocenters. The Bertz CT molecular complexity index is 1040. The van der Waals surface area contributed by atoms with E-state index < -0.39 is 0 Å². The highest BCUT2D eigenvalue weighted by molar-refractivity contribution is 6.31. The SMILES string of the molecule is CN(C)CCNc1nc(/C=C/c2ccc3c(c2)OCO3)nc2ccc(Cl)cc12. The number of fused-ring (bicyclic) bond motifs is 2. The summed E-state index contributed by atoms with van der Waals surface area (Å²) in [5, 5.41) is 4.97. The highest BCUT2D eigenvalue weighted by atomic mass is 35.5. The van der Waals surface area contributed by atoms with Gasteiger partial charge in [0.05, 0.1) is 5.52 Å². The molecule has 0 bridgehead atoms. The number of halogens is 1. The van der Waals surface area contributed by atoms with Crippen LogP contribution in [0.25, 0.3) is 23.1 Å². The largest absolute Gasteiger partial charge is 0.454 e. The molecule has 0 unspecified atom stereocenters. The highest BCUT2D eigenvalue weighted by Gasteiger charge is 2.12. The zero-order valence-electron chi connectivity index (χ0n) is 15.8. The molecule has 6 nitrogen and oxygen atoms in total. The number of benzene rings is 2. The Morgan fingerprint density at radius 2 is 1.93 bits per heavy atom. The number of hydrogen-bond acceptors (Lipinski definition) is 6. The van der Waals surface area contributed by atoms with Crippen molar-refractivity contribution in [3.63, 3.8) is 0 Å². The molecule has 2 aromatic carbocycles. The van der Waals surface area contributed by atoms with Gasteiger partial charge in [-0.3, -0.25) is 0 Å².